The molecular formula is C33H42N3O4S-. The van der Waals surface area contributed by atoms with Gasteiger partial charge in [0.15, 0.2) is 0 Å². The van der Waals surface area contributed by atoms with Crippen molar-refractivity contribution in [1.29, 1.82) is 0 Å². The maximum atomic E-state index is 13.7. The van der Waals surface area contributed by atoms with Crippen LogP contribution in [0.4, 0.5) is 5.69 Å². The average Bonchev–Trinajstić information content (AvgIpc) is 2.96. The monoisotopic (exact) mass is 576 g/mol. The summed E-state index contributed by atoms with van der Waals surface area (Å²) in [6.45, 7) is 8.51. The minimum Gasteiger partial charge on any atom is -0.549 e. The van der Waals surface area contributed by atoms with Crippen molar-refractivity contribution in [3.63, 3.8) is 0 Å². The van der Waals surface area contributed by atoms with Gasteiger partial charge >= 0.3 is 0 Å². The second-order valence-corrected chi connectivity index (χ2v) is 12.0. The molecule has 0 saturated heterocycles. The Bertz CT molecular complexity index is 1320. The van der Waals surface area contributed by atoms with Gasteiger partial charge in [-0.3, -0.25) is 14.2 Å². The third-order valence-corrected chi connectivity index (χ3v) is 8.14. The molecule has 0 aliphatic carbocycles. The Balaban J connectivity index is 1.84. The molecule has 1 amide bonds. The summed E-state index contributed by atoms with van der Waals surface area (Å²) in [7, 11) is 0. The molecule has 7 nitrogen and oxygen atoms in total. The lowest BCUT2D eigenvalue weighted by molar-refractivity contribution is -0.305. The number of hydrogen-bond donors (Lipinski definition) is 0. The molecule has 1 heterocycles. The predicted molar refractivity (Wildman–Crippen MR) is 165 cm³/mol. The highest BCUT2D eigenvalue weighted by Gasteiger charge is 2.20. The van der Waals surface area contributed by atoms with Gasteiger partial charge in [-0.2, -0.15) is 0 Å². The number of aliphatic carboxylic acids is 1. The number of benzene rings is 2. The maximum absolute atomic E-state index is 13.7. The maximum Gasteiger partial charge on any atom is 0.254 e. The molecule has 220 valence electrons. The Labute approximate surface area is 248 Å². The van der Waals surface area contributed by atoms with Crippen molar-refractivity contribution >= 4 is 29.3 Å². The number of hydrogen-bond acceptors (Lipinski definition) is 6. The Morgan fingerprint density at radius 2 is 1.66 bits per heavy atom. The first kappa shape index (κ1) is 32.1. The molecule has 8 heteroatoms. The molecule has 0 saturated carbocycles. The zero-order valence-electron chi connectivity index (χ0n) is 24.7. The summed E-state index contributed by atoms with van der Waals surface area (Å²) in [5.41, 5.74) is 1.93. The summed E-state index contributed by atoms with van der Waals surface area (Å²) in [5, 5.41) is 11.0. The molecule has 1 aromatic heterocycles. The third kappa shape index (κ3) is 9.59. The lowest BCUT2D eigenvalue weighted by Crippen LogP contribution is -2.38. The molecule has 0 N–H and O–H groups in total. The molecule has 0 aliphatic heterocycles. The first-order valence-electron chi connectivity index (χ1n) is 14.7. The fourth-order valence-electron chi connectivity index (χ4n) is 4.73. The molecule has 0 spiro atoms. The molecule has 1 atom stereocenters. The van der Waals surface area contributed by atoms with Crippen LogP contribution in [0.2, 0.25) is 0 Å². The van der Waals surface area contributed by atoms with Crippen molar-refractivity contribution in [3.05, 3.63) is 76.8 Å². The molecule has 0 fully saturated rings. The standard InChI is InChI=1S/C33H43N3O4S/c1-5-7-8-9-13-20-35(26-16-18-27(19-17-26)41-29(33(39)40)21-24(3)4)32(38)23-36-30(6-2)34-28(22-31(36)37)25-14-11-10-12-15-25/h10-12,14-19,22,24,29H,5-9,13,20-21,23H2,1-4H3,(H,39,40)/p-1/t29-/m0/s1. The number of amides is 1. The van der Waals surface area contributed by atoms with Gasteiger partial charge in [-0.15, -0.1) is 11.8 Å². The number of unbranched alkanes of at least 4 members (excludes halogenated alkanes) is 4. The lowest BCUT2D eigenvalue weighted by atomic mass is 10.1. The third-order valence-electron chi connectivity index (χ3n) is 6.93. The highest BCUT2D eigenvalue weighted by Crippen LogP contribution is 2.29. The summed E-state index contributed by atoms with van der Waals surface area (Å²) >= 11 is 1.27. The summed E-state index contributed by atoms with van der Waals surface area (Å²) in [6, 6.07) is 18.5. The number of rotatable bonds is 16. The van der Waals surface area contributed by atoms with Crippen molar-refractivity contribution < 1.29 is 14.7 Å². The normalized spacial score (nSPS) is 11.9. The van der Waals surface area contributed by atoms with Crippen LogP contribution in [0.1, 0.15) is 72.0 Å². The van der Waals surface area contributed by atoms with Gasteiger partial charge in [0, 0.05) is 40.4 Å². The van der Waals surface area contributed by atoms with E-state index in [1.165, 1.54) is 22.4 Å². The number of anilines is 1. The van der Waals surface area contributed by atoms with E-state index in [0.717, 1.165) is 48.3 Å². The Morgan fingerprint density at radius 1 is 0.976 bits per heavy atom. The molecule has 41 heavy (non-hydrogen) atoms. The van der Waals surface area contributed by atoms with E-state index in [2.05, 4.69) is 6.92 Å². The van der Waals surface area contributed by atoms with E-state index in [4.69, 9.17) is 4.98 Å². The van der Waals surface area contributed by atoms with Crippen LogP contribution < -0.4 is 15.6 Å². The van der Waals surface area contributed by atoms with E-state index in [9.17, 15) is 19.5 Å². The van der Waals surface area contributed by atoms with Crippen LogP contribution in [0.15, 0.2) is 70.4 Å². The first-order chi connectivity index (χ1) is 19.7. The van der Waals surface area contributed by atoms with Crippen molar-refractivity contribution in [2.24, 2.45) is 5.92 Å². The zero-order valence-corrected chi connectivity index (χ0v) is 25.5. The van der Waals surface area contributed by atoms with Gasteiger partial charge in [0.25, 0.3) is 5.56 Å². The van der Waals surface area contributed by atoms with E-state index in [1.54, 1.807) is 4.90 Å². The van der Waals surface area contributed by atoms with Crippen LogP contribution in [-0.4, -0.2) is 33.2 Å². The van der Waals surface area contributed by atoms with Gasteiger partial charge in [-0.1, -0.05) is 83.7 Å². The molecule has 0 bridgehead atoms. The number of carboxylic acids is 1. The first-order valence-corrected chi connectivity index (χ1v) is 15.6. The molecule has 0 aliphatic rings. The molecule has 0 radical (unpaired) electrons. The van der Waals surface area contributed by atoms with Crippen LogP contribution >= 0.6 is 11.8 Å². The van der Waals surface area contributed by atoms with Gasteiger partial charge in [0.05, 0.1) is 11.7 Å². The molecule has 0 unspecified atom stereocenters. The van der Waals surface area contributed by atoms with E-state index in [0.29, 0.717) is 30.9 Å². The Morgan fingerprint density at radius 3 is 2.27 bits per heavy atom. The number of carbonyl (C=O) groups is 2. The van der Waals surface area contributed by atoms with Crippen LogP contribution in [0.5, 0.6) is 0 Å². The fraction of sp³-hybridized carbons (Fsp3) is 0.455. The summed E-state index contributed by atoms with van der Waals surface area (Å²) in [4.78, 5) is 45.8. The van der Waals surface area contributed by atoms with Crippen LogP contribution in [0.25, 0.3) is 11.3 Å². The second-order valence-electron chi connectivity index (χ2n) is 10.7. The topological polar surface area (TPSA) is 95.3 Å². The largest absolute Gasteiger partial charge is 0.549 e. The number of nitrogens with zero attached hydrogens (tertiary/aromatic N) is 3. The number of carboxylic acid groups (broad SMARTS) is 1. The van der Waals surface area contributed by atoms with Crippen LogP contribution in [0.3, 0.4) is 0 Å². The van der Waals surface area contributed by atoms with E-state index >= 15 is 0 Å². The summed E-state index contributed by atoms with van der Waals surface area (Å²) in [6.07, 6.45) is 6.31. The molecular weight excluding hydrogens is 534 g/mol. The Hall–Kier alpha value is -3.39. The van der Waals surface area contributed by atoms with Gasteiger partial charge in [0.1, 0.15) is 12.4 Å². The van der Waals surface area contributed by atoms with Gasteiger partial charge < -0.3 is 14.8 Å². The quantitative estimate of drug-likeness (QED) is 0.160. The number of thioether (sulfide) groups is 1. The fourth-order valence-corrected chi connectivity index (χ4v) is 5.93. The predicted octanol–water partition coefficient (Wildman–Crippen LogP) is 5.73. The number of carbonyl (C=O) groups excluding carboxylic acids is 2. The lowest BCUT2D eigenvalue weighted by Gasteiger charge is -2.25. The van der Waals surface area contributed by atoms with Gasteiger partial charge in [-0.25, -0.2) is 4.98 Å². The summed E-state index contributed by atoms with van der Waals surface area (Å²) in [5.74, 6) is -0.448. The Kier molecular flexibility index (Phi) is 12.7. The molecule has 3 rings (SSSR count). The van der Waals surface area contributed by atoms with Crippen LogP contribution in [0, 0.1) is 5.92 Å². The minimum absolute atomic E-state index is 0.101. The molecule has 2 aromatic carbocycles. The number of aryl methyl sites for hydroxylation is 1. The van der Waals surface area contributed by atoms with Crippen LogP contribution in [-0.2, 0) is 22.6 Å². The van der Waals surface area contributed by atoms with E-state index in [-0.39, 0.29) is 23.9 Å². The van der Waals surface area contributed by atoms with Crippen molar-refractivity contribution in [2.75, 3.05) is 11.4 Å². The second kappa shape index (κ2) is 16.2. The zero-order chi connectivity index (χ0) is 29.8. The summed E-state index contributed by atoms with van der Waals surface area (Å²) < 4.78 is 1.47. The van der Waals surface area contributed by atoms with Crippen molar-refractivity contribution in [3.8, 4) is 11.3 Å². The van der Waals surface area contributed by atoms with E-state index in [1.807, 2.05) is 75.4 Å². The smallest absolute Gasteiger partial charge is 0.254 e. The van der Waals surface area contributed by atoms with Crippen molar-refractivity contribution in [1.82, 2.24) is 9.55 Å². The van der Waals surface area contributed by atoms with Gasteiger partial charge in [0.2, 0.25) is 5.91 Å². The van der Waals surface area contributed by atoms with Gasteiger partial charge in [-0.05, 0) is 43.0 Å². The highest BCUT2D eigenvalue weighted by atomic mass is 32.2. The number of aromatic nitrogens is 2. The SMILES string of the molecule is CCCCCCCN(C(=O)Cn1c(CC)nc(-c2ccccc2)cc1=O)c1ccc(S[C@@H](CC(C)C)C(=O)[O-])cc1. The van der Waals surface area contributed by atoms with Crippen molar-refractivity contribution in [2.45, 2.75) is 89.3 Å². The molecule has 3 aromatic rings. The minimum atomic E-state index is -1.07. The average molecular weight is 577 g/mol. The van der Waals surface area contributed by atoms with E-state index < -0.39 is 11.2 Å². The highest BCUT2D eigenvalue weighted by molar-refractivity contribution is 8.00.